The number of piperidine rings is 1. The number of amides is 1. The average molecular weight is 319 g/mol. The molecule has 0 bridgehead atoms. The molecule has 0 unspecified atom stereocenters. The normalized spacial score (nSPS) is 25.6. The number of carbonyl (C=O) groups is 1. The molecule has 4 heteroatoms. The summed E-state index contributed by atoms with van der Waals surface area (Å²) in [5.41, 5.74) is 0.892. The number of carbonyl (C=O) groups excluding carboxylic acids is 1. The highest BCUT2D eigenvalue weighted by atomic mass is 35.5. The summed E-state index contributed by atoms with van der Waals surface area (Å²) in [5, 5.41) is 0.666. The van der Waals surface area contributed by atoms with Gasteiger partial charge in [-0.25, -0.2) is 0 Å². The quantitative estimate of drug-likeness (QED) is 0.795. The zero-order valence-corrected chi connectivity index (χ0v) is 13.7. The van der Waals surface area contributed by atoms with Crippen molar-refractivity contribution < 1.29 is 4.79 Å². The Morgan fingerprint density at radius 2 is 1.91 bits per heavy atom. The van der Waals surface area contributed by atoms with E-state index in [-0.39, 0.29) is 11.4 Å². The zero-order valence-electron chi connectivity index (χ0n) is 12.9. The van der Waals surface area contributed by atoms with Gasteiger partial charge >= 0.3 is 0 Å². The SMILES string of the molecule is C=CCN1CCC[C@@]12CCCN(C(=O)c1ccc(Cl)cc1)C2. The summed E-state index contributed by atoms with van der Waals surface area (Å²) in [4.78, 5) is 17.3. The van der Waals surface area contributed by atoms with Gasteiger partial charge in [0, 0.05) is 35.8 Å². The van der Waals surface area contributed by atoms with Gasteiger partial charge in [0.1, 0.15) is 0 Å². The molecule has 0 radical (unpaired) electrons. The number of nitrogens with zero attached hydrogens (tertiary/aromatic N) is 2. The molecular weight excluding hydrogens is 296 g/mol. The van der Waals surface area contributed by atoms with Crippen molar-refractivity contribution in [1.82, 2.24) is 9.80 Å². The lowest BCUT2D eigenvalue weighted by Crippen LogP contribution is -2.56. The van der Waals surface area contributed by atoms with E-state index in [0.29, 0.717) is 5.02 Å². The van der Waals surface area contributed by atoms with E-state index in [2.05, 4.69) is 11.5 Å². The van der Waals surface area contributed by atoms with Crippen LogP contribution in [0.3, 0.4) is 0 Å². The van der Waals surface area contributed by atoms with Crippen LogP contribution in [0, 0.1) is 0 Å². The first-order chi connectivity index (χ1) is 10.6. The summed E-state index contributed by atoms with van der Waals surface area (Å²) in [7, 11) is 0. The Hall–Kier alpha value is -1.32. The van der Waals surface area contributed by atoms with E-state index < -0.39 is 0 Å². The van der Waals surface area contributed by atoms with Crippen molar-refractivity contribution in [2.24, 2.45) is 0 Å². The molecule has 1 atom stereocenters. The fourth-order valence-corrected chi connectivity index (χ4v) is 4.08. The molecule has 0 aromatic heterocycles. The smallest absolute Gasteiger partial charge is 0.253 e. The van der Waals surface area contributed by atoms with Crippen LogP contribution in [0.5, 0.6) is 0 Å². The summed E-state index contributed by atoms with van der Waals surface area (Å²) in [6.45, 7) is 7.61. The van der Waals surface area contributed by atoms with Crippen molar-refractivity contribution in [3.05, 3.63) is 47.5 Å². The molecule has 1 aromatic rings. The van der Waals surface area contributed by atoms with Crippen molar-refractivity contribution in [1.29, 1.82) is 0 Å². The third kappa shape index (κ3) is 2.92. The Morgan fingerprint density at radius 1 is 1.23 bits per heavy atom. The van der Waals surface area contributed by atoms with E-state index in [1.54, 1.807) is 12.1 Å². The lowest BCUT2D eigenvalue weighted by molar-refractivity contribution is 0.0367. The van der Waals surface area contributed by atoms with Crippen molar-refractivity contribution in [2.45, 2.75) is 31.2 Å². The highest BCUT2D eigenvalue weighted by Gasteiger charge is 2.44. The molecule has 2 aliphatic heterocycles. The number of likely N-dealkylation sites (tertiary alicyclic amines) is 2. The molecule has 0 N–H and O–H groups in total. The van der Waals surface area contributed by atoms with Crippen molar-refractivity contribution >= 4 is 17.5 Å². The maximum Gasteiger partial charge on any atom is 0.253 e. The lowest BCUT2D eigenvalue weighted by atomic mass is 9.86. The first-order valence-electron chi connectivity index (χ1n) is 8.05. The molecule has 2 heterocycles. The van der Waals surface area contributed by atoms with Gasteiger partial charge in [-0.1, -0.05) is 17.7 Å². The van der Waals surface area contributed by atoms with Crippen LogP contribution in [0.4, 0.5) is 0 Å². The zero-order chi connectivity index (χ0) is 15.6. The monoisotopic (exact) mass is 318 g/mol. The topological polar surface area (TPSA) is 23.6 Å². The number of hydrogen-bond donors (Lipinski definition) is 0. The highest BCUT2D eigenvalue weighted by Crippen LogP contribution is 2.37. The molecule has 118 valence electrons. The maximum absolute atomic E-state index is 12.8. The van der Waals surface area contributed by atoms with Gasteiger partial charge in [0.2, 0.25) is 0 Å². The third-order valence-electron chi connectivity index (χ3n) is 5.02. The van der Waals surface area contributed by atoms with Crippen LogP contribution in [0.2, 0.25) is 5.02 Å². The second-order valence-electron chi connectivity index (χ2n) is 6.40. The maximum atomic E-state index is 12.8. The fourth-order valence-electron chi connectivity index (χ4n) is 3.96. The minimum atomic E-state index is 0.126. The first-order valence-corrected chi connectivity index (χ1v) is 8.43. The Labute approximate surface area is 137 Å². The molecule has 0 saturated carbocycles. The molecule has 1 amide bonds. The van der Waals surface area contributed by atoms with Crippen LogP contribution in [0.1, 0.15) is 36.0 Å². The van der Waals surface area contributed by atoms with Gasteiger partial charge in [0.05, 0.1) is 0 Å². The summed E-state index contributed by atoms with van der Waals surface area (Å²) in [6.07, 6.45) is 6.65. The second kappa shape index (κ2) is 6.43. The third-order valence-corrected chi connectivity index (χ3v) is 5.28. The van der Waals surface area contributed by atoms with Crippen molar-refractivity contribution in [3.63, 3.8) is 0 Å². The molecule has 3 nitrogen and oxygen atoms in total. The molecule has 22 heavy (non-hydrogen) atoms. The van der Waals surface area contributed by atoms with E-state index in [9.17, 15) is 4.79 Å². The Kier molecular flexibility index (Phi) is 4.55. The first kappa shape index (κ1) is 15.6. The predicted octanol–water partition coefficient (Wildman–Crippen LogP) is 3.60. The van der Waals surface area contributed by atoms with Crippen molar-refractivity contribution in [2.75, 3.05) is 26.2 Å². The van der Waals surface area contributed by atoms with Crippen LogP contribution in [0.25, 0.3) is 0 Å². The van der Waals surface area contributed by atoms with E-state index in [4.69, 9.17) is 11.6 Å². The molecule has 3 rings (SSSR count). The van der Waals surface area contributed by atoms with E-state index in [0.717, 1.165) is 38.2 Å². The van der Waals surface area contributed by atoms with Gasteiger partial charge in [-0.3, -0.25) is 9.69 Å². The van der Waals surface area contributed by atoms with Crippen molar-refractivity contribution in [3.8, 4) is 0 Å². The molecule has 1 aromatic carbocycles. The minimum Gasteiger partial charge on any atom is -0.337 e. The molecular formula is C18H23ClN2O. The largest absolute Gasteiger partial charge is 0.337 e. The lowest BCUT2D eigenvalue weighted by Gasteiger charge is -2.45. The van der Waals surface area contributed by atoms with E-state index in [1.807, 2.05) is 23.1 Å². The van der Waals surface area contributed by atoms with Gasteiger partial charge in [-0.15, -0.1) is 6.58 Å². The Morgan fingerprint density at radius 3 is 2.59 bits per heavy atom. The number of rotatable bonds is 3. The van der Waals surface area contributed by atoms with E-state index in [1.165, 1.54) is 19.3 Å². The summed E-state index contributed by atoms with van der Waals surface area (Å²) in [6, 6.07) is 7.21. The summed E-state index contributed by atoms with van der Waals surface area (Å²) < 4.78 is 0. The van der Waals surface area contributed by atoms with E-state index >= 15 is 0 Å². The van der Waals surface area contributed by atoms with Crippen LogP contribution < -0.4 is 0 Å². The van der Waals surface area contributed by atoms with Gasteiger partial charge in [0.25, 0.3) is 5.91 Å². The van der Waals surface area contributed by atoms with Gasteiger partial charge < -0.3 is 4.90 Å². The number of hydrogen-bond acceptors (Lipinski definition) is 2. The van der Waals surface area contributed by atoms with Gasteiger partial charge in [0.15, 0.2) is 0 Å². The molecule has 2 saturated heterocycles. The average Bonchev–Trinajstić information content (AvgIpc) is 2.90. The fraction of sp³-hybridized carbons (Fsp3) is 0.500. The number of benzene rings is 1. The Balaban J connectivity index is 1.76. The molecule has 2 fully saturated rings. The minimum absolute atomic E-state index is 0.126. The molecule has 2 aliphatic rings. The second-order valence-corrected chi connectivity index (χ2v) is 6.84. The van der Waals surface area contributed by atoms with Crippen LogP contribution in [-0.2, 0) is 0 Å². The van der Waals surface area contributed by atoms with Gasteiger partial charge in [-0.05, 0) is 56.5 Å². The highest BCUT2D eigenvalue weighted by molar-refractivity contribution is 6.30. The van der Waals surface area contributed by atoms with Crippen LogP contribution >= 0.6 is 11.6 Å². The summed E-state index contributed by atoms with van der Waals surface area (Å²) in [5.74, 6) is 0.126. The molecule has 0 aliphatic carbocycles. The summed E-state index contributed by atoms with van der Waals surface area (Å²) >= 11 is 5.91. The van der Waals surface area contributed by atoms with Gasteiger partial charge in [-0.2, -0.15) is 0 Å². The predicted molar refractivity (Wildman–Crippen MR) is 90.3 cm³/mol. The van der Waals surface area contributed by atoms with Crippen LogP contribution in [-0.4, -0.2) is 47.4 Å². The molecule has 1 spiro atoms. The number of halogens is 1. The Bertz CT molecular complexity index is 557. The standard InChI is InChI=1S/C18H23ClN2O/c1-2-11-21-13-4-10-18(21)9-3-12-20(14-18)17(22)15-5-7-16(19)8-6-15/h2,5-8H,1,3-4,9-14H2/t18-/m1/s1. The van der Waals surface area contributed by atoms with Crippen LogP contribution in [0.15, 0.2) is 36.9 Å².